The van der Waals surface area contributed by atoms with Gasteiger partial charge >= 0.3 is 13.8 Å². The Labute approximate surface area is 212 Å². The quantitative estimate of drug-likeness (QED) is 0.0821. The molecule has 0 saturated carbocycles. The maximum absolute atomic E-state index is 11.9. The van der Waals surface area contributed by atoms with Gasteiger partial charge in [-0.1, -0.05) is 90.9 Å². The van der Waals surface area contributed by atoms with E-state index in [2.05, 4.69) is 19.2 Å². The number of phosphoric ester groups is 1. The lowest BCUT2D eigenvalue weighted by atomic mass is 10.1. The highest BCUT2D eigenvalue weighted by Crippen LogP contribution is 2.42. The molecule has 0 radical (unpaired) electrons. The van der Waals surface area contributed by atoms with Crippen LogP contribution in [0.3, 0.4) is 0 Å². The van der Waals surface area contributed by atoms with Gasteiger partial charge in [0.05, 0.1) is 13.2 Å². The van der Waals surface area contributed by atoms with E-state index in [9.17, 15) is 24.2 Å². The number of nitrogens with one attached hydrogen (secondary N) is 1. The highest BCUT2D eigenvalue weighted by Gasteiger charge is 2.23. The average Bonchev–Trinajstić information content (AvgIpc) is 2.83. The summed E-state index contributed by atoms with van der Waals surface area (Å²) >= 11 is 0. The number of aliphatic hydroxyl groups excluding tert-OH is 1. The summed E-state index contributed by atoms with van der Waals surface area (Å²) in [5.74, 6) is -0.532. The summed E-state index contributed by atoms with van der Waals surface area (Å²) in [7, 11) is -4.38. The molecule has 0 aliphatic carbocycles. The number of carbonyl (C=O) groups is 2. The minimum Gasteiger partial charge on any atom is -0.463 e. The summed E-state index contributed by atoms with van der Waals surface area (Å²) in [5.41, 5.74) is 0. The fraction of sp³-hybridized carbons (Fsp3) is 0.920. The van der Waals surface area contributed by atoms with E-state index in [-0.39, 0.29) is 32.1 Å². The van der Waals surface area contributed by atoms with Crippen molar-refractivity contribution >= 4 is 19.7 Å². The Bertz CT molecular complexity index is 576. The number of rotatable bonds is 25. The van der Waals surface area contributed by atoms with Crippen molar-refractivity contribution in [3.8, 4) is 0 Å². The van der Waals surface area contributed by atoms with Crippen LogP contribution < -0.4 is 5.32 Å². The van der Waals surface area contributed by atoms with Crippen LogP contribution in [0, 0.1) is 0 Å². The number of phosphoric acid groups is 1. The Hall–Kier alpha value is -0.990. The number of unbranched alkanes of at least 4 members (excludes halogenated alkanes) is 12. The summed E-state index contributed by atoms with van der Waals surface area (Å²) < 4.78 is 26.3. The number of hydrogen-bond donors (Lipinski definition) is 3. The predicted molar refractivity (Wildman–Crippen MR) is 137 cm³/mol. The van der Waals surface area contributed by atoms with Gasteiger partial charge in [-0.15, -0.1) is 0 Å². The van der Waals surface area contributed by atoms with Gasteiger partial charge in [0.25, 0.3) is 0 Å². The van der Waals surface area contributed by atoms with Crippen molar-refractivity contribution in [2.75, 3.05) is 26.4 Å². The van der Waals surface area contributed by atoms with Crippen molar-refractivity contribution in [2.24, 2.45) is 0 Å². The van der Waals surface area contributed by atoms with E-state index in [1.165, 1.54) is 38.5 Å². The highest BCUT2D eigenvalue weighted by atomic mass is 31.2. The summed E-state index contributed by atoms with van der Waals surface area (Å²) in [6, 6.07) is 0. The lowest BCUT2D eigenvalue weighted by molar-refractivity contribution is -0.147. The number of ether oxygens (including phenoxy) is 1. The van der Waals surface area contributed by atoms with Crippen molar-refractivity contribution in [3.05, 3.63) is 0 Å². The molecule has 9 nitrogen and oxygen atoms in total. The Morgan fingerprint density at radius 1 is 0.771 bits per heavy atom. The molecule has 2 atom stereocenters. The minimum atomic E-state index is -4.38. The van der Waals surface area contributed by atoms with E-state index >= 15 is 0 Å². The zero-order chi connectivity index (χ0) is 26.2. The number of amides is 1. The van der Waals surface area contributed by atoms with Gasteiger partial charge in [-0.2, -0.15) is 0 Å². The molecular formula is C25H50NO8P. The SMILES string of the molecule is CCCCCCCCCCCC(=O)NCCOP(=O)(O)OCC(O)COC(=O)CCCCCCC. The summed E-state index contributed by atoms with van der Waals surface area (Å²) in [5, 5.41) is 12.4. The molecule has 3 N–H and O–H groups in total. The molecule has 0 aromatic heterocycles. The van der Waals surface area contributed by atoms with Crippen LogP contribution in [0.15, 0.2) is 0 Å². The predicted octanol–water partition coefficient (Wildman–Crippen LogP) is 5.42. The molecule has 2 unspecified atom stereocenters. The summed E-state index contributed by atoms with van der Waals surface area (Å²) in [6.07, 6.45) is 15.1. The first kappa shape index (κ1) is 34.0. The van der Waals surface area contributed by atoms with Crippen molar-refractivity contribution in [2.45, 2.75) is 123 Å². The van der Waals surface area contributed by atoms with E-state index in [1.807, 2.05) is 0 Å². The van der Waals surface area contributed by atoms with Gasteiger partial charge < -0.3 is 20.1 Å². The molecule has 10 heteroatoms. The van der Waals surface area contributed by atoms with E-state index in [4.69, 9.17) is 13.8 Å². The van der Waals surface area contributed by atoms with Crippen LogP contribution in [0.2, 0.25) is 0 Å². The van der Waals surface area contributed by atoms with Gasteiger partial charge in [-0.25, -0.2) is 4.57 Å². The third kappa shape index (κ3) is 24.5. The van der Waals surface area contributed by atoms with Gasteiger partial charge in [0.1, 0.15) is 12.7 Å². The molecule has 208 valence electrons. The number of esters is 1. The second-order valence-corrected chi connectivity index (χ2v) is 10.5. The van der Waals surface area contributed by atoms with Gasteiger partial charge in [-0.05, 0) is 12.8 Å². The van der Waals surface area contributed by atoms with Crippen molar-refractivity contribution in [3.63, 3.8) is 0 Å². The first-order chi connectivity index (χ1) is 16.8. The molecule has 0 saturated heterocycles. The second kappa shape index (κ2) is 23.4. The van der Waals surface area contributed by atoms with Crippen LogP contribution in [-0.4, -0.2) is 54.3 Å². The third-order valence-corrected chi connectivity index (χ3v) is 6.52. The lowest BCUT2D eigenvalue weighted by Crippen LogP contribution is -2.27. The monoisotopic (exact) mass is 523 g/mol. The Balaban J connectivity index is 3.69. The Morgan fingerprint density at radius 2 is 1.29 bits per heavy atom. The second-order valence-electron chi connectivity index (χ2n) is 9.03. The van der Waals surface area contributed by atoms with Gasteiger partial charge in [0.15, 0.2) is 0 Å². The third-order valence-electron chi connectivity index (χ3n) is 5.54. The van der Waals surface area contributed by atoms with Crippen LogP contribution in [0.4, 0.5) is 0 Å². The molecule has 1 amide bonds. The zero-order valence-electron chi connectivity index (χ0n) is 22.0. The maximum Gasteiger partial charge on any atom is 0.472 e. The van der Waals surface area contributed by atoms with Crippen molar-refractivity contribution < 1.29 is 37.9 Å². The molecule has 0 aliphatic heterocycles. The first-order valence-corrected chi connectivity index (χ1v) is 15.0. The highest BCUT2D eigenvalue weighted by molar-refractivity contribution is 7.47. The fourth-order valence-corrected chi connectivity index (χ4v) is 4.19. The molecule has 0 aromatic rings. The molecule has 0 aliphatic rings. The summed E-state index contributed by atoms with van der Waals surface area (Å²) in [6.45, 7) is 3.39. The van der Waals surface area contributed by atoms with Gasteiger partial charge in [-0.3, -0.25) is 18.6 Å². The van der Waals surface area contributed by atoms with Gasteiger partial charge in [0, 0.05) is 19.4 Å². The lowest BCUT2D eigenvalue weighted by Gasteiger charge is -2.15. The number of carbonyl (C=O) groups excluding carboxylic acids is 2. The zero-order valence-corrected chi connectivity index (χ0v) is 22.9. The van der Waals surface area contributed by atoms with Crippen LogP contribution in [0.5, 0.6) is 0 Å². The molecular weight excluding hydrogens is 473 g/mol. The molecule has 0 heterocycles. The van der Waals surface area contributed by atoms with Crippen LogP contribution in [0.1, 0.15) is 117 Å². The average molecular weight is 524 g/mol. The first-order valence-electron chi connectivity index (χ1n) is 13.5. The van der Waals surface area contributed by atoms with E-state index in [1.54, 1.807) is 0 Å². The molecule has 0 aromatic carbocycles. The summed E-state index contributed by atoms with van der Waals surface area (Å²) in [4.78, 5) is 33.1. The molecule has 0 bridgehead atoms. The van der Waals surface area contributed by atoms with E-state index in [0.29, 0.717) is 6.42 Å². The molecule has 0 fully saturated rings. The Morgan fingerprint density at radius 3 is 1.86 bits per heavy atom. The molecule has 0 spiro atoms. The normalized spacial score (nSPS) is 13.8. The van der Waals surface area contributed by atoms with Crippen molar-refractivity contribution in [1.82, 2.24) is 5.32 Å². The van der Waals surface area contributed by atoms with Crippen LogP contribution in [-0.2, 0) is 27.9 Å². The molecule has 0 rings (SSSR count). The smallest absolute Gasteiger partial charge is 0.463 e. The Kier molecular flexibility index (Phi) is 22.7. The standard InChI is InChI=1S/C25H50NO8P/c1-3-5-7-9-10-11-12-14-15-17-24(28)26-19-20-33-35(30,31)34-22-23(27)21-32-25(29)18-16-13-8-6-4-2/h23,27H,3-22H2,1-2H3,(H,26,28)(H,30,31). The molecule has 35 heavy (non-hydrogen) atoms. The van der Waals surface area contributed by atoms with Crippen LogP contribution in [0.25, 0.3) is 0 Å². The number of aliphatic hydroxyl groups is 1. The maximum atomic E-state index is 11.9. The fourth-order valence-electron chi connectivity index (χ4n) is 3.44. The minimum absolute atomic E-state index is 0.0859. The van der Waals surface area contributed by atoms with Gasteiger partial charge in [0.2, 0.25) is 5.91 Å². The largest absolute Gasteiger partial charge is 0.472 e. The van der Waals surface area contributed by atoms with Crippen molar-refractivity contribution in [1.29, 1.82) is 0 Å². The topological polar surface area (TPSA) is 131 Å². The van der Waals surface area contributed by atoms with E-state index < -0.39 is 26.5 Å². The van der Waals surface area contributed by atoms with E-state index in [0.717, 1.165) is 51.4 Å². The number of hydrogen-bond acceptors (Lipinski definition) is 7. The van der Waals surface area contributed by atoms with Crippen LogP contribution >= 0.6 is 7.82 Å².